The zero-order valence-electron chi connectivity index (χ0n) is 33.6. The Balaban J connectivity index is 1.27. The van der Waals surface area contributed by atoms with Crippen LogP contribution in [0.15, 0.2) is 121 Å². The van der Waals surface area contributed by atoms with Crippen molar-refractivity contribution in [3.8, 4) is 0 Å². The maximum Gasteiger partial charge on any atom is 0.412 e. The molecule has 6 rings (SSSR count). The molecule has 0 radical (unpaired) electrons. The Labute approximate surface area is 333 Å². The summed E-state index contributed by atoms with van der Waals surface area (Å²) in [5, 5.41) is 0. The van der Waals surface area contributed by atoms with Gasteiger partial charge in [-0.15, -0.1) is 0 Å². The fourth-order valence-corrected chi connectivity index (χ4v) is 7.45. The van der Waals surface area contributed by atoms with Gasteiger partial charge in [0.1, 0.15) is 35.7 Å². The molecule has 1 amide bonds. The van der Waals surface area contributed by atoms with Gasteiger partial charge in [0.2, 0.25) is 0 Å². The van der Waals surface area contributed by atoms with E-state index in [2.05, 4.69) is 48.5 Å². The largest absolute Gasteiger partial charge is 0.444 e. The molecule has 4 aromatic rings. The first kappa shape index (κ1) is 41.5. The molecule has 2 saturated heterocycles. The van der Waals surface area contributed by atoms with Crippen LogP contribution in [-0.4, -0.2) is 72.1 Å². The monoisotopic (exact) mass is 765 g/mol. The van der Waals surface area contributed by atoms with E-state index in [1.165, 1.54) is 0 Å². The summed E-state index contributed by atoms with van der Waals surface area (Å²) in [5.74, 6) is 0. The predicted octanol–water partition coefficient (Wildman–Crippen LogP) is 9.27. The normalized spacial score (nSPS) is 23.6. The summed E-state index contributed by atoms with van der Waals surface area (Å²) in [4.78, 5) is 15.2. The Hall–Kier alpha value is -4.09. The number of carbonyl (C=O) groups is 1. The highest BCUT2D eigenvalue weighted by Crippen LogP contribution is 2.35. The Morgan fingerprint density at radius 3 is 1.57 bits per heavy atom. The van der Waals surface area contributed by atoms with Crippen LogP contribution in [0.2, 0.25) is 0 Å². The van der Waals surface area contributed by atoms with E-state index in [9.17, 15) is 4.79 Å². The van der Waals surface area contributed by atoms with Crippen molar-refractivity contribution in [2.24, 2.45) is 0 Å². The lowest BCUT2D eigenvalue weighted by molar-refractivity contribution is -0.273. The van der Waals surface area contributed by atoms with E-state index in [1.807, 2.05) is 107 Å². The number of hydrogen-bond donors (Lipinski definition) is 0. The first-order valence-corrected chi connectivity index (χ1v) is 20.0. The molecule has 4 aromatic carbocycles. The smallest absolute Gasteiger partial charge is 0.412 e. The lowest BCUT2D eigenvalue weighted by Gasteiger charge is -2.46. The van der Waals surface area contributed by atoms with Gasteiger partial charge < -0.3 is 33.2 Å². The first-order valence-electron chi connectivity index (χ1n) is 20.0. The van der Waals surface area contributed by atoms with Crippen LogP contribution in [0.3, 0.4) is 0 Å². The minimum Gasteiger partial charge on any atom is -0.444 e. The second kappa shape index (κ2) is 19.9. The molecule has 0 N–H and O–H groups in total. The second-order valence-corrected chi connectivity index (χ2v) is 16.2. The number of amides is 1. The van der Waals surface area contributed by atoms with Gasteiger partial charge in [-0.05, 0) is 76.1 Å². The number of ether oxygens (including phenoxy) is 7. The van der Waals surface area contributed by atoms with E-state index in [0.29, 0.717) is 52.5 Å². The summed E-state index contributed by atoms with van der Waals surface area (Å²) in [7, 11) is 0. The topological polar surface area (TPSA) is 84.9 Å². The lowest BCUT2D eigenvalue weighted by atomic mass is 9.91. The van der Waals surface area contributed by atoms with Crippen molar-refractivity contribution in [1.29, 1.82) is 0 Å². The fourth-order valence-electron chi connectivity index (χ4n) is 7.45. The third-order valence-corrected chi connectivity index (χ3v) is 10.2. The number of benzene rings is 4. The molecule has 0 unspecified atom stereocenters. The summed E-state index contributed by atoms with van der Waals surface area (Å²) in [6.07, 6.45) is -0.523. The number of hydrogen-bond acceptors (Lipinski definition) is 8. The Kier molecular flexibility index (Phi) is 14.7. The molecule has 0 aromatic heterocycles. The van der Waals surface area contributed by atoms with E-state index in [1.54, 1.807) is 4.90 Å². The molecule has 6 atom stereocenters. The van der Waals surface area contributed by atoms with Crippen LogP contribution < -0.4 is 0 Å². The van der Waals surface area contributed by atoms with E-state index >= 15 is 0 Å². The fraction of sp³-hybridized carbons (Fsp3) is 0.468. The van der Waals surface area contributed by atoms with E-state index < -0.39 is 35.7 Å². The predicted molar refractivity (Wildman–Crippen MR) is 216 cm³/mol. The molecule has 0 aliphatic carbocycles. The minimum absolute atomic E-state index is 0.149. The summed E-state index contributed by atoms with van der Waals surface area (Å²) in [6.45, 7) is 11.8. The lowest BCUT2D eigenvalue weighted by Crippen LogP contribution is -2.61. The van der Waals surface area contributed by atoms with Crippen molar-refractivity contribution in [2.45, 2.75) is 128 Å². The summed E-state index contributed by atoms with van der Waals surface area (Å²) < 4.78 is 46.0. The molecular formula is C47H59NO8. The van der Waals surface area contributed by atoms with Gasteiger partial charge in [-0.25, -0.2) is 4.79 Å². The number of nitrogens with zero attached hydrogens (tertiary/aromatic N) is 1. The molecule has 2 fully saturated rings. The van der Waals surface area contributed by atoms with E-state index in [-0.39, 0.29) is 18.2 Å². The van der Waals surface area contributed by atoms with Crippen LogP contribution in [0.4, 0.5) is 4.79 Å². The van der Waals surface area contributed by atoms with Gasteiger partial charge in [0.05, 0.1) is 51.8 Å². The Bertz CT molecular complexity index is 1730. The van der Waals surface area contributed by atoms with Gasteiger partial charge in [-0.2, -0.15) is 0 Å². The molecule has 2 heterocycles. The van der Waals surface area contributed by atoms with Gasteiger partial charge in [-0.3, -0.25) is 4.90 Å². The molecule has 2 aliphatic rings. The highest BCUT2D eigenvalue weighted by molar-refractivity contribution is 5.69. The zero-order valence-corrected chi connectivity index (χ0v) is 33.6. The maximum atomic E-state index is 13.4. The van der Waals surface area contributed by atoms with Crippen LogP contribution >= 0.6 is 0 Å². The van der Waals surface area contributed by atoms with Crippen LogP contribution in [0, 0.1) is 0 Å². The van der Waals surface area contributed by atoms with E-state index in [0.717, 1.165) is 28.7 Å². The van der Waals surface area contributed by atoms with Crippen molar-refractivity contribution >= 4 is 6.09 Å². The summed E-state index contributed by atoms with van der Waals surface area (Å²) in [6, 6.07) is 40.5. The molecule has 0 spiro atoms. The summed E-state index contributed by atoms with van der Waals surface area (Å²) in [5.41, 5.74) is 2.85. The maximum absolute atomic E-state index is 13.4. The summed E-state index contributed by atoms with van der Waals surface area (Å²) >= 11 is 0. The average Bonchev–Trinajstić information content (AvgIpc) is 3.50. The van der Waals surface area contributed by atoms with Crippen LogP contribution in [0.1, 0.15) is 76.1 Å². The van der Waals surface area contributed by atoms with Gasteiger partial charge in [0.15, 0.2) is 0 Å². The van der Waals surface area contributed by atoms with Crippen molar-refractivity contribution in [3.05, 3.63) is 144 Å². The molecular weight excluding hydrogens is 707 g/mol. The van der Waals surface area contributed by atoms with Gasteiger partial charge in [0.25, 0.3) is 0 Å². The SMILES string of the molecule is CC(C)(C)OC(=O)N1[C@@H](CCC[C@H]2O[C@H](COCc3ccccc3)[C@@H](OCc3ccccc3)[C@H](OCc3ccccc3)[C@H]2OCc2ccccc2)COC1(C)C. The minimum atomic E-state index is -0.781. The van der Waals surface area contributed by atoms with Crippen LogP contribution in [0.5, 0.6) is 0 Å². The highest BCUT2D eigenvalue weighted by Gasteiger charge is 2.49. The Morgan fingerprint density at radius 1 is 0.643 bits per heavy atom. The van der Waals surface area contributed by atoms with Gasteiger partial charge in [-0.1, -0.05) is 121 Å². The van der Waals surface area contributed by atoms with Crippen LogP contribution in [-0.2, 0) is 59.6 Å². The third kappa shape index (κ3) is 12.0. The highest BCUT2D eigenvalue weighted by atomic mass is 16.6. The number of rotatable bonds is 17. The molecule has 9 heteroatoms. The zero-order chi connectivity index (χ0) is 39.4. The van der Waals surface area contributed by atoms with Crippen molar-refractivity contribution in [1.82, 2.24) is 4.90 Å². The molecule has 300 valence electrons. The molecule has 2 aliphatic heterocycles. The number of carbonyl (C=O) groups excluding carboxylic acids is 1. The van der Waals surface area contributed by atoms with Crippen LogP contribution in [0.25, 0.3) is 0 Å². The standard InChI is InChI=1S/C47H59NO8/c1-46(2,3)56-45(49)48-39(33-54-47(48,4)5)27-18-28-40-42(51-30-36-21-12-7-13-22-36)44(53-32-38-25-16-9-17-26-38)43(52-31-37-23-14-8-15-24-37)41(55-40)34-50-29-35-19-10-6-11-20-35/h6-17,19-26,39-44H,18,27-34H2,1-5H3/t39-,40+,41+,42-,43+,44+/m0/s1. The van der Waals surface area contributed by atoms with Crippen molar-refractivity contribution < 1.29 is 38.0 Å². The van der Waals surface area contributed by atoms with Gasteiger partial charge in [0, 0.05) is 0 Å². The first-order chi connectivity index (χ1) is 27.1. The quantitative estimate of drug-likeness (QED) is 0.105. The second-order valence-electron chi connectivity index (χ2n) is 16.2. The third-order valence-electron chi connectivity index (χ3n) is 10.2. The Morgan fingerprint density at radius 2 is 1.09 bits per heavy atom. The average molecular weight is 766 g/mol. The molecule has 56 heavy (non-hydrogen) atoms. The molecule has 9 nitrogen and oxygen atoms in total. The molecule has 0 bridgehead atoms. The van der Waals surface area contributed by atoms with Crippen molar-refractivity contribution in [2.75, 3.05) is 13.2 Å². The van der Waals surface area contributed by atoms with Crippen molar-refractivity contribution in [3.63, 3.8) is 0 Å². The molecule has 0 saturated carbocycles. The van der Waals surface area contributed by atoms with Gasteiger partial charge >= 0.3 is 6.09 Å². The van der Waals surface area contributed by atoms with E-state index in [4.69, 9.17) is 33.2 Å².